The van der Waals surface area contributed by atoms with Crippen LogP contribution < -0.4 is 11.1 Å². The standard InChI is InChI=1S/C13H13N7O2/c1-8(21)16-11-6-15-19(18-11)7-12(22)20-10-5-3-2-4-9(10)17-13(20)14/h2-6H,7H2,1H3,(H2,14,17)(H,16,18,21). The molecule has 0 aliphatic rings. The lowest BCUT2D eigenvalue weighted by Crippen LogP contribution is -2.21. The molecule has 1 amide bonds. The highest BCUT2D eigenvalue weighted by Gasteiger charge is 2.16. The average molecular weight is 299 g/mol. The minimum Gasteiger partial charge on any atom is -0.369 e. The van der Waals surface area contributed by atoms with Crippen LogP contribution in [0.3, 0.4) is 0 Å². The first-order valence-electron chi connectivity index (χ1n) is 6.48. The lowest BCUT2D eigenvalue weighted by molar-refractivity contribution is -0.114. The maximum Gasteiger partial charge on any atom is 0.257 e. The molecule has 0 radical (unpaired) electrons. The number of nitrogens with one attached hydrogen (secondary N) is 1. The molecule has 112 valence electrons. The second-order valence-corrected chi connectivity index (χ2v) is 4.63. The molecule has 2 heterocycles. The largest absolute Gasteiger partial charge is 0.369 e. The van der Waals surface area contributed by atoms with Gasteiger partial charge in [0.15, 0.2) is 5.82 Å². The molecule has 3 rings (SSSR count). The van der Waals surface area contributed by atoms with Crippen LogP contribution in [0.1, 0.15) is 11.7 Å². The Labute approximate surface area is 124 Å². The summed E-state index contributed by atoms with van der Waals surface area (Å²) in [6.07, 6.45) is 1.37. The monoisotopic (exact) mass is 299 g/mol. The summed E-state index contributed by atoms with van der Waals surface area (Å²) in [7, 11) is 0. The van der Waals surface area contributed by atoms with Crippen molar-refractivity contribution in [1.29, 1.82) is 0 Å². The molecule has 2 aromatic heterocycles. The van der Waals surface area contributed by atoms with Crippen molar-refractivity contribution in [3.63, 3.8) is 0 Å². The number of nitrogens with two attached hydrogens (primary N) is 1. The number of imidazole rings is 1. The van der Waals surface area contributed by atoms with Crippen molar-refractivity contribution in [2.75, 3.05) is 11.1 Å². The van der Waals surface area contributed by atoms with E-state index in [0.717, 1.165) is 0 Å². The van der Waals surface area contributed by atoms with Gasteiger partial charge in [0.1, 0.15) is 6.54 Å². The van der Waals surface area contributed by atoms with Crippen molar-refractivity contribution < 1.29 is 9.59 Å². The number of hydrogen-bond donors (Lipinski definition) is 2. The number of rotatable bonds is 3. The van der Waals surface area contributed by atoms with E-state index in [2.05, 4.69) is 20.5 Å². The van der Waals surface area contributed by atoms with Gasteiger partial charge < -0.3 is 11.1 Å². The van der Waals surface area contributed by atoms with E-state index < -0.39 is 0 Å². The smallest absolute Gasteiger partial charge is 0.257 e. The van der Waals surface area contributed by atoms with Gasteiger partial charge in [0.2, 0.25) is 11.9 Å². The molecule has 1 aromatic carbocycles. The second kappa shape index (κ2) is 5.28. The number of carbonyl (C=O) groups excluding carboxylic acids is 2. The summed E-state index contributed by atoms with van der Waals surface area (Å²) in [5, 5.41) is 10.4. The van der Waals surface area contributed by atoms with Gasteiger partial charge in [-0.1, -0.05) is 12.1 Å². The number of anilines is 2. The number of carbonyl (C=O) groups is 2. The summed E-state index contributed by atoms with van der Waals surface area (Å²) in [6.45, 7) is 1.24. The number of aromatic nitrogens is 5. The molecule has 0 bridgehead atoms. The highest BCUT2D eigenvalue weighted by molar-refractivity contribution is 5.93. The predicted molar refractivity (Wildman–Crippen MR) is 79.1 cm³/mol. The first-order valence-corrected chi connectivity index (χ1v) is 6.48. The fourth-order valence-electron chi connectivity index (χ4n) is 2.11. The Hall–Kier alpha value is -3.23. The van der Waals surface area contributed by atoms with Gasteiger partial charge in [0.05, 0.1) is 17.2 Å². The van der Waals surface area contributed by atoms with E-state index in [9.17, 15) is 9.59 Å². The molecule has 0 unspecified atom stereocenters. The van der Waals surface area contributed by atoms with Crippen molar-refractivity contribution in [3.05, 3.63) is 30.5 Å². The SMILES string of the molecule is CC(=O)Nc1cnn(CC(=O)n2c(N)nc3ccccc32)n1. The normalized spacial score (nSPS) is 10.8. The zero-order valence-corrected chi connectivity index (χ0v) is 11.7. The molecule has 9 nitrogen and oxygen atoms in total. The number of nitrogens with zero attached hydrogens (tertiary/aromatic N) is 5. The van der Waals surface area contributed by atoms with Crippen LogP contribution in [0.15, 0.2) is 30.5 Å². The van der Waals surface area contributed by atoms with Crippen molar-refractivity contribution in [1.82, 2.24) is 24.5 Å². The highest BCUT2D eigenvalue weighted by atomic mass is 16.2. The summed E-state index contributed by atoms with van der Waals surface area (Å²) in [5.74, 6) is -0.191. The van der Waals surface area contributed by atoms with E-state index in [0.29, 0.717) is 11.0 Å². The minimum atomic E-state index is -0.323. The van der Waals surface area contributed by atoms with Crippen LogP contribution in [0.2, 0.25) is 0 Å². The molecule has 0 saturated carbocycles. The summed E-state index contributed by atoms with van der Waals surface area (Å²) in [5.41, 5.74) is 7.07. The molecule has 3 N–H and O–H groups in total. The molecule has 0 spiro atoms. The van der Waals surface area contributed by atoms with Crippen LogP contribution in [-0.4, -0.2) is 36.4 Å². The summed E-state index contributed by atoms with van der Waals surface area (Å²) >= 11 is 0. The quantitative estimate of drug-likeness (QED) is 0.726. The van der Waals surface area contributed by atoms with E-state index in [1.807, 2.05) is 6.07 Å². The fourth-order valence-corrected chi connectivity index (χ4v) is 2.11. The van der Waals surface area contributed by atoms with Gasteiger partial charge in [0.25, 0.3) is 5.91 Å². The Balaban J connectivity index is 1.86. The van der Waals surface area contributed by atoms with Crippen molar-refractivity contribution in [2.24, 2.45) is 0 Å². The number of fused-ring (bicyclic) bond motifs is 1. The van der Waals surface area contributed by atoms with E-state index >= 15 is 0 Å². The lowest BCUT2D eigenvalue weighted by atomic mass is 10.3. The third-order valence-electron chi connectivity index (χ3n) is 2.95. The van der Waals surface area contributed by atoms with Crippen molar-refractivity contribution >= 4 is 34.6 Å². The zero-order valence-electron chi connectivity index (χ0n) is 11.7. The molecule has 22 heavy (non-hydrogen) atoms. The van der Waals surface area contributed by atoms with Crippen LogP contribution in [0.5, 0.6) is 0 Å². The maximum atomic E-state index is 12.4. The number of benzene rings is 1. The number of hydrogen-bond acceptors (Lipinski definition) is 6. The van der Waals surface area contributed by atoms with Gasteiger partial charge in [-0.3, -0.25) is 9.59 Å². The number of nitrogen functional groups attached to an aromatic ring is 1. The van der Waals surface area contributed by atoms with Gasteiger partial charge in [-0.15, -0.1) is 5.10 Å². The van der Waals surface area contributed by atoms with Gasteiger partial charge in [-0.05, 0) is 12.1 Å². The van der Waals surface area contributed by atoms with Crippen LogP contribution in [-0.2, 0) is 11.3 Å². The van der Waals surface area contributed by atoms with E-state index in [-0.39, 0.29) is 30.1 Å². The molecule has 3 aromatic rings. The average Bonchev–Trinajstić information content (AvgIpc) is 3.01. The Morgan fingerprint density at radius 1 is 1.32 bits per heavy atom. The summed E-state index contributed by atoms with van der Waals surface area (Å²) in [4.78, 5) is 28.7. The molecule has 0 saturated heterocycles. The molecule has 0 aliphatic heterocycles. The van der Waals surface area contributed by atoms with E-state index in [1.165, 1.54) is 22.5 Å². The number of amides is 1. The van der Waals surface area contributed by atoms with Crippen LogP contribution in [0.25, 0.3) is 11.0 Å². The summed E-state index contributed by atoms with van der Waals surface area (Å²) < 4.78 is 1.32. The van der Waals surface area contributed by atoms with Gasteiger partial charge >= 0.3 is 0 Å². The van der Waals surface area contributed by atoms with Crippen LogP contribution >= 0.6 is 0 Å². The Morgan fingerprint density at radius 3 is 2.86 bits per heavy atom. The predicted octanol–water partition coefficient (Wildman–Crippen LogP) is 0.509. The van der Waals surface area contributed by atoms with Crippen molar-refractivity contribution in [2.45, 2.75) is 13.5 Å². The molecule has 0 atom stereocenters. The summed E-state index contributed by atoms with van der Waals surface area (Å²) in [6, 6.07) is 7.15. The van der Waals surface area contributed by atoms with E-state index in [4.69, 9.17) is 5.73 Å². The molecule has 9 heteroatoms. The Kier molecular flexibility index (Phi) is 3.30. The van der Waals surface area contributed by atoms with Crippen LogP contribution in [0.4, 0.5) is 11.8 Å². The fraction of sp³-hybridized carbons (Fsp3) is 0.154. The second-order valence-electron chi connectivity index (χ2n) is 4.63. The zero-order chi connectivity index (χ0) is 15.7. The lowest BCUT2D eigenvalue weighted by Gasteiger charge is -2.04. The molecule has 0 aliphatic carbocycles. The van der Waals surface area contributed by atoms with Gasteiger partial charge in [-0.2, -0.15) is 9.90 Å². The van der Waals surface area contributed by atoms with Gasteiger partial charge in [0, 0.05) is 6.92 Å². The van der Waals surface area contributed by atoms with Crippen LogP contribution in [0, 0.1) is 0 Å². The minimum absolute atomic E-state index is 0.112. The Morgan fingerprint density at radius 2 is 2.09 bits per heavy atom. The highest BCUT2D eigenvalue weighted by Crippen LogP contribution is 2.17. The molecule has 0 fully saturated rings. The third-order valence-corrected chi connectivity index (χ3v) is 2.95. The topological polar surface area (TPSA) is 121 Å². The maximum absolute atomic E-state index is 12.4. The Bertz CT molecular complexity index is 864. The molecular formula is C13H13N7O2. The third kappa shape index (κ3) is 2.51. The first-order chi connectivity index (χ1) is 10.5. The van der Waals surface area contributed by atoms with E-state index in [1.54, 1.807) is 18.2 Å². The first kappa shape index (κ1) is 13.7. The van der Waals surface area contributed by atoms with Gasteiger partial charge in [-0.25, -0.2) is 9.55 Å². The molecular weight excluding hydrogens is 286 g/mol. The van der Waals surface area contributed by atoms with Crippen molar-refractivity contribution in [3.8, 4) is 0 Å². The number of para-hydroxylation sites is 2.